The van der Waals surface area contributed by atoms with Gasteiger partial charge >= 0.3 is 0 Å². The number of carbonyl (C=O) groups is 1. The standard InChI is InChI=1S/C12H22N4O/c1-10(5-7-13)3-4-12(17)14-9-11-6-8-15-16(11)2/h6,8,10H,3-5,7,9,13H2,1-2H3,(H,14,17). The predicted molar refractivity (Wildman–Crippen MR) is 67.1 cm³/mol. The number of aromatic nitrogens is 2. The zero-order valence-corrected chi connectivity index (χ0v) is 10.6. The van der Waals surface area contributed by atoms with Gasteiger partial charge in [-0.15, -0.1) is 0 Å². The Morgan fingerprint density at radius 3 is 2.94 bits per heavy atom. The number of rotatable bonds is 7. The van der Waals surface area contributed by atoms with Crippen molar-refractivity contribution in [2.24, 2.45) is 18.7 Å². The molecule has 0 radical (unpaired) electrons. The van der Waals surface area contributed by atoms with Crippen molar-refractivity contribution < 1.29 is 4.79 Å². The van der Waals surface area contributed by atoms with Crippen molar-refractivity contribution in [1.29, 1.82) is 0 Å². The molecule has 1 aromatic heterocycles. The number of amides is 1. The van der Waals surface area contributed by atoms with E-state index in [9.17, 15) is 4.79 Å². The Balaban J connectivity index is 2.20. The number of aryl methyl sites for hydroxylation is 1. The molecule has 1 rings (SSSR count). The van der Waals surface area contributed by atoms with Crippen LogP contribution in [0.5, 0.6) is 0 Å². The van der Waals surface area contributed by atoms with Gasteiger partial charge in [-0.3, -0.25) is 9.48 Å². The van der Waals surface area contributed by atoms with E-state index in [1.54, 1.807) is 10.9 Å². The molecule has 0 aromatic carbocycles. The summed E-state index contributed by atoms with van der Waals surface area (Å²) in [4.78, 5) is 11.6. The molecule has 1 atom stereocenters. The van der Waals surface area contributed by atoms with E-state index in [1.165, 1.54) is 0 Å². The summed E-state index contributed by atoms with van der Waals surface area (Å²) >= 11 is 0. The molecule has 0 saturated heterocycles. The highest BCUT2D eigenvalue weighted by atomic mass is 16.1. The van der Waals surface area contributed by atoms with E-state index in [1.807, 2.05) is 13.1 Å². The summed E-state index contributed by atoms with van der Waals surface area (Å²) in [6, 6.07) is 1.90. The summed E-state index contributed by atoms with van der Waals surface area (Å²) in [7, 11) is 1.87. The van der Waals surface area contributed by atoms with Crippen LogP contribution in [-0.4, -0.2) is 22.2 Å². The largest absolute Gasteiger partial charge is 0.350 e. The van der Waals surface area contributed by atoms with Gasteiger partial charge in [-0.25, -0.2) is 0 Å². The molecule has 0 aliphatic heterocycles. The van der Waals surface area contributed by atoms with Crippen LogP contribution in [0.3, 0.4) is 0 Å². The normalized spacial score (nSPS) is 12.4. The van der Waals surface area contributed by atoms with Gasteiger partial charge in [0.2, 0.25) is 5.91 Å². The van der Waals surface area contributed by atoms with Gasteiger partial charge in [-0.05, 0) is 31.4 Å². The molecule has 0 aliphatic rings. The maximum Gasteiger partial charge on any atom is 0.220 e. The van der Waals surface area contributed by atoms with Crippen LogP contribution in [0.15, 0.2) is 12.3 Å². The molecule has 96 valence electrons. The Morgan fingerprint density at radius 2 is 2.35 bits per heavy atom. The van der Waals surface area contributed by atoms with E-state index in [0.29, 0.717) is 25.4 Å². The SMILES string of the molecule is CC(CCN)CCC(=O)NCc1ccnn1C. The van der Waals surface area contributed by atoms with Gasteiger partial charge in [-0.2, -0.15) is 5.10 Å². The summed E-state index contributed by atoms with van der Waals surface area (Å²) in [5.41, 5.74) is 6.47. The Bertz CT molecular complexity index is 348. The van der Waals surface area contributed by atoms with Crippen LogP contribution in [0.2, 0.25) is 0 Å². The zero-order chi connectivity index (χ0) is 12.7. The molecule has 0 fully saturated rings. The first-order valence-electron chi connectivity index (χ1n) is 6.07. The third-order valence-electron chi connectivity index (χ3n) is 2.91. The smallest absolute Gasteiger partial charge is 0.220 e. The van der Waals surface area contributed by atoms with Crippen molar-refractivity contribution in [1.82, 2.24) is 15.1 Å². The van der Waals surface area contributed by atoms with Crippen molar-refractivity contribution in [3.8, 4) is 0 Å². The van der Waals surface area contributed by atoms with Gasteiger partial charge in [0.1, 0.15) is 0 Å². The van der Waals surface area contributed by atoms with E-state index >= 15 is 0 Å². The van der Waals surface area contributed by atoms with Crippen molar-refractivity contribution in [2.75, 3.05) is 6.54 Å². The topological polar surface area (TPSA) is 72.9 Å². The van der Waals surface area contributed by atoms with Gasteiger partial charge in [0.25, 0.3) is 0 Å². The van der Waals surface area contributed by atoms with E-state index in [4.69, 9.17) is 5.73 Å². The number of nitrogens with zero attached hydrogens (tertiary/aromatic N) is 2. The molecule has 17 heavy (non-hydrogen) atoms. The second kappa shape index (κ2) is 7.06. The Kier molecular flexibility index (Phi) is 5.69. The van der Waals surface area contributed by atoms with Gasteiger partial charge in [0, 0.05) is 19.7 Å². The minimum absolute atomic E-state index is 0.0927. The second-order valence-corrected chi connectivity index (χ2v) is 4.44. The molecule has 5 nitrogen and oxygen atoms in total. The Morgan fingerprint density at radius 1 is 1.59 bits per heavy atom. The third-order valence-corrected chi connectivity index (χ3v) is 2.91. The highest BCUT2D eigenvalue weighted by Crippen LogP contribution is 2.08. The first-order chi connectivity index (χ1) is 8.13. The van der Waals surface area contributed by atoms with Crippen molar-refractivity contribution in [3.63, 3.8) is 0 Å². The highest BCUT2D eigenvalue weighted by Gasteiger charge is 2.06. The molecule has 0 bridgehead atoms. The third kappa shape index (κ3) is 4.99. The van der Waals surface area contributed by atoms with Crippen molar-refractivity contribution >= 4 is 5.91 Å². The van der Waals surface area contributed by atoms with Gasteiger partial charge in [0.15, 0.2) is 0 Å². The zero-order valence-electron chi connectivity index (χ0n) is 10.6. The predicted octanol–water partition coefficient (Wildman–Crippen LogP) is 0.801. The lowest BCUT2D eigenvalue weighted by Crippen LogP contribution is -2.24. The van der Waals surface area contributed by atoms with Crippen LogP contribution in [0, 0.1) is 5.92 Å². The van der Waals surface area contributed by atoms with E-state index in [0.717, 1.165) is 18.5 Å². The Labute approximate surface area is 102 Å². The molecule has 1 amide bonds. The molecule has 1 unspecified atom stereocenters. The fourth-order valence-electron chi connectivity index (χ4n) is 1.66. The minimum Gasteiger partial charge on any atom is -0.350 e. The summed E-state index contributed by atoms with van der Waals surface area (Å²) in [6.45, 7) is 3.36. The maximum atomic E-state index is 11.6. The lowest BCUT2D eigenvalue weighted by molar-refractivity contribution is -0.121. The fourth-order valence-corrected chi connectivity index (χ4v) is 1.66. The van der Waals surface area contributed by atoms with E-state index in [-0.39, 0.29) is 5.91 Å². The monoisotopic (exact) mass is 238 g/mol. The summed E-state index contributed by atoms with van der Waals surface area (Å²) < 4.78 is 1.76. The number of nitrogens with one attached hydrogen (secondary N) is 1. The summed E-state index contributed by atoms with van der Waals surface area (Å²) in [5, 5.41) is 6.94. The van der Waals surface area contributed by atoms with Crippen LogP contribution < -0.4 is 11.1 Å². The lowest BCUT2D eigenvalue weighted by atomic mass is 10.0. The Hall–Kier alpha value is -1.36. The molecule has 1 heterocycles. The quantitative estimate of drug-likeness (QED) is 0.738. The maximum absolute atomic E-state index is 11.6. The first-order valence-corrected chi connectivity index (χ1v) is 6.07. The molecule has 0 saturated carbocycles. The molecular formula is C12H22N4O. The molecule has 3 N–H and O–H groups in total. The number of hydrogen-bond acceptors (Lipinski definition) is 3. The van der Waals surface area contributed by atoms with Crippen LogP contribution in [0.4, 0.5) is 0 Å². The molecule has 0 aliphatic carbocycles. The number of hydrogen-bond donors (Lipinski definition) is 2. The van der Waals surface area contributed by atoms with Gasteiger partial charge in [0.05, 0.1) is 12.2 Å². The average Bonchev–Trinajstić information content (AvgIpc) is 2.70. The highest BCUT2D eigenvalue weighted by molar-refractivity contribution is 5.75. The fraction of sp³-hybridized carbons (Fsp3) is 0.667. The first kappa shape index (κ1) is 13.7. The number of carbonyl (C=O) groups excluding carboxylic acids is 1. The van der Waals surface area contributed by atoms with Crippen LogP contribution >= 0.6 is 0 Å². The van der Waals surface area contributed by atoms with E-state index in [2.05, 4.69) is 17.3 Å². The second-order valence-electron chi connectivity index (χ2n) is 4.44. The lowest BCUT2D eigenvalue weighted by Gasteiger charge is -2.10. The van der Waals surface area contributed by atoms with Gasteiger partial charge in [-0.1, -0.05) is 6.92 Å². The van der Waals surface area contributed by atoms with E-state index < -0.39 is 0 Å². The van der Waals surface area contributed by atoms with Crippen LogP contribution in [0.1, 0.15) is 31.9 Å². The molecular weight excluding hydrogens is 216 g/mol. The summed E-state index contributed by atoms with van der Waals surface area (Å²) in [5.74, 6) is 0.609. The summed E-state index contributed by atoms with van der Waals surface area (Å²) in [6.07, 6.45) is 4.17. The molecule has 0 spiro atoms. The minimum atomic E-state index is 0.0927. The molecule has 5 heteroatoms. The van der Waals surface area contributed by atoms with Crippen LogP contribution in [0.25, 0.3) is 0 Å². The van der Waals surface area contributed by atoms with Crippen molar-refractivity contribution in [3.05, 3.63) is 18.0 Å². The number of nitrogens with two attached hydrogens (primary N) is 1. The average molecular weight is 238 g/mol. The molecule has 1 aromatic rings. The van der Waals surface area contributed by atoms with Crippen molar-refractivity contribution in [2.45, 2.75) is 32.7 Å². The van der Waals surface area contributed by atoms with Crippen LogP contribution in [-0.2, 0) is 18.4 Å². The van der Waals surface area contributed by atoms with Gasteiger partial charge < -0.3 is 11.1 Å².